The zero-order chi connectivity index (χ0) is 16.3. The number of hydrogen-bond acceptors (Lipinski definition) is 3. The molecule has 1 aromatic rings. The molecule has 1 atom stereocenters. The van der Waals surface area contributed by atoms with Crippen molar-refractivity contribution in [1.82, 2.24) is 25.3 Å². The van der Waals surface area contributed by atoms with Gasteiger partial charge in [0, 0.05) is 45.1 Å². The maximum atomic E-state index is 4.79. The summed E-state index contributed by atoms with van der Waals surface area (Å²) in [6.45, 7) is 11.6. The van der Waals surface area contributed by atoms with E-state index in [0.29, 0.717) is 5.92 Å². The minimum absolute atomic E-state index is 0. The summed E-state index contributed by atoms with van der Waals surface area (Å²) >= 11 is 0. The van der Waals surface area contributed by atoms with Gasteiger partial charge in [-0.25, -0.2) is 0 Å². The molecule has 7 heteroatoms. The molecule has 138 valence electrons. The zero-order valence-corrected chi connectivity index (χ0v) is 17.4. The van der Waals surface area contributed by atoms with Crippen molar-refractivity contribution in [2.45, 2.75) is 39.7 Å². The van der Waals surface area contributed by atoms with Crippen LogP contribution in [0.25, 0.3) is 0 Å². The SMILES string of the molecule is CCNC(=NCC1CCCN(CC)C1)NCCCn1cccn1.I. The van der Waals surface area contributed by atoms with E-state index >= 15 is 0 Å². The van der Waals surface area contributed by atoms with E-state index < -0.39 is 0 Å². The van der Waals surface area contributed by atoms with Gasteiger partial charge in [0.15, 0.2) is 5.96 Å². The van der Waals surface area contributed by atoms with Crippen LogP contribution in [-0.4, -0.2) is 59.9 Å². The molecule has 1 fully saturated rings. The number of piperidine rings is 1. The van der Waals surface area contributed by atoms with Crippen molar-refractivity contribution in [3.05, 3.63) is 18.5 Å². The fourth-order valence-corrected chi connectivity index (χ4v) is 3.03. The van der Waals surface area contributed by atoms with Crippen molar-refractivity contribution >= 4 is 29.9 Å². The number of aryl methyl sites for hydroxylation is 1. The molecular weight excluding hydrogens is 415 g/mol. The van der Waals surface area contributed by atoms with Crippen LogP contribution in [0, 0.1) is 5.92 Å². The summed E-state index contributed by atoms with van der Waals surface area (Å²) in [6.07, 6.45) is 7.48. The van der Waals surface area contributed by atoms with Gasteiger partial charge in [-0.3, -0.25) is 9.67 Å². The predicted molar refractivity (Wildman–Crippen MR) is 111 cm³/mol. The molecular formula is C17H33IN6. The van der Waals surface area contributed by atoms with Crippen LogP contribution >= 0.6 is 24.0 Å². The molecule has 0 amide bonds. The van der Waals surface area contributed by atoms with Crippen LogP contribution < -0.4 is 10.6 Å². The van der Waals surface area contributed by atoms with E-state index in [-0.39, 0.29) is 24.0 Å². The Bertz CT molecular complexity index is 448. The molecule has 2 N–H and O–H groups in total. The van der Waals surface area contributed by atoms with Gasteiger partial charge in [-0.15, -0.1) is 24.0 Å². The predicted octanol–water partition coefficient (Wildman–Crippen LogP) is 2.18. The van der Waals surface area contributed by atoms with Gasteiger partial charge in [0.25, 0.3) is 0 Å². The molecule has 2 heterocycles. The Morgan fingerprint density at radius 3 is 2.92 bits per heavy atom. The maximum absolute atomic E-state index is 4.79. The lowest BCUT2D eigenvalue weighted by atomic mass is 9.98. The average Bonchev–Trinajstić information content (AvgIpc) is 3.10. The molecule has 0 spiro atoms. The summed E-state index contributed by atoms with van der Waals surface area (Å²) in [6, 6.07) is 1.96. The van der Waals surface area contributed by atoms with E-state index in [1.54, 1.807) is 0 Å². The maximum Gasteiger partial charge on any atom is 0.191 e. The van der Waals surface area contributed by atoms with Crippen molar-refractivity contribution < 1.29 is 0 Å². The lowest BCUT2D eigenvalue weighted by Crippen LogP contribution is -2.40. The molecule has 0 saturated carbocycles. The van der Waals surface area contributed by atoms with Crippen molar-refractivity contribution in [3.8, 4) is 0 Å². The normalized spacial score (nSPS) is 18.9. The number of nitrogens with one attached hydrogen (secondary N) is 2. The van der Waals surface area contributed by atoms with Gasteiger partial charge in [-0.2, -0.15) is 5.10 Å². The summed E-state index contributed by atoms with van der Waals surface area (Å²) in [5.41, 5.74) is 0. The number of likely N-dealkylation sites (tertiary alicyclic amines) is 1. The van der Waals surface area contributed by atoms with Gasteiger partial charge in [0.1, 0.15) is 0 Å². The third-order valence-electron chi connectivity index (χ3n) is 4.32. The Kier molecular flexibility index (Phi) is 11.1. The second-order valence-corrected chi connectivity index (χ2v) is 6.17. The van der Waals surface area contributed by atoms with E-state index in [1.807, 2.05) is 23.1 Å². The first kappa shape index (κ1) is 21.2. The monoisotopic (exact) mass is 448 g/mol. The van der Waals surface area contributed by atoms with Gasteiger partial charge >= 0.3 is 0 Å². The molecule has 0 aliphatic carbocycles. The molecule has 1 aromatic heterocycles. The van der Waals surface area contributed by atoms with Gasteiger partial charge in [0.05, 0.1) is 0 Å². The van der Waals surface area contributed by atoms with Gasteiger partial charge in [0.2, 0.25) is 0 Å². The van der Waals surface area contributed by atoms with Gasteiger partial charge in [-0.05, 0) is 51.3 Å². The summed E-state index contributed by atoms with van der Waals surface area (Å²) in [5, 5.41) is 11.0. The van der Waals surface area contributed by atoms with E-state index in [9.17, 15) is 0 Å². The summed E-state index contributed by atoms with van der Waals surface area (Å²) in [4.78, 5) is 7.32. The number of aromatic nitrogens is 2. The molecule has 1 saturated heterocycles. The Morgan fingerprint density at radius 1 is 1.33 bits per heavy atom. The van der Waals surface area contributed by atoms with Crippen LogP contribution in [-0.2, 0) is 6.54 Å². The lowest BCUT2D eigenvalue weighted by molar-refractivity contribution is 0.186. The summed E-state index contributed by atoms with van der Waals surface area (Å²) in [5.74, 6) is 1.64. The number of rotatable bonds is 8. The minimum Gasteiger partial charge on any atom is -0.357 e. The molecule has 24 heavy (non-hydrogen) atoms. The molecule has 6 nitrogen and oxygen atoms in total. The molecule has 1 unspecified atom stereocenters. The standard InChI is InChI=1S/C17H32N6.HI/c1-3-18-17(19-9-6-12-23-13-7-10-21-23)20-14-16-8-5-11-22(4-2)15-16;/h7,10,13,16H,3-6,8-9,11-12,14-15H2,1-2H3,(H2,18,19,20);1H. The Morgan fingerprint density at radius 2 is 2.21 bits per heavy atom. The topological polar surface area (TPSA) is 57.5 Å². The second kappa shape index (κ2) is 12.5. The Labute approximate surface area is 163 Å². The van der Waals surface area contributed by atoms with E-state index in [4.69, 9.17) is 4.99 Å². The van der Waals surface area contributed by atoms with Crippen molar-refractivity contribution in [1.29, 1.82) is 0 Å². The molecule has 2 rings (SSSR count). The second-order valence-electron chi connectivity index (χ2n) is 6.17. The first-order valence-electron chi connectivity index (χ1n) is 9.03. The van der Waals surface area contributed by atoms with E-state index in [1.165, 1.54) is 25.9 Å². The number of guanidine groups is 1. The largest absolute Gasteiger partial charge is 0.357 e. The molecule has 1 aliphatic rings. The Hall–Kier alpha value is -0.830. The smallest absolute Gasteiger partial charge is 0.191 e. The van der Waals surface area contributed by atoms with Crippen molar-refractivity contribution in [3.63, 3.8) is 0 Å². The summed E-state index contributed by atoms with van der Waals surface area (Å²) in [7, 11) is 0. The van der Waals surface area contributed by atoms with Crippen LogP contribution in [0.1, 0.15) is 33.1 Å². The molecule has 1 aliphatic heterocycles. The average molecular weight is 448 g/mol. The molecule has 0 aromatic carbocycles. The van der Waals surface area contributed by atoms with E-state index in [0.717, 1.165) is 45.1 Å². The highest BCUT2D eigenvalue weighted by Crippen LogP contribution is 2.16. The molecule has 0 radical (unpaired) electrons. The minimum atomic E-state index is 0. The highest BCUT2D eigenvalue weighted by atomic mass is 127. The van der Waals surface area contributed by atoms with Crippen LogP contribution in [0.5, 0.6) is 0 Å². The number of nitrogens with zero attached hydrogens (tertiary/aromatic N) is 4. The van der Waals surface area contributed by atoms with Crippen molar-refractivity contribution in [2.75, 3.05) is 39.3 Å². The lowest BCUT2D eigenvalue weighted by Gasteiger charge is -2.31. The van der Waals surface area contributed by atoms with Crippen LogP contribution in [0.15, 0.2) is 23.5 Å². The number of hydrogen-bond donors (Lipinski definition) is 2. The number of aliphatic imine (C=N–C) groups is 1. The first-order chi connectivity index (χ1) is 11.3. The van der Waals surface area contributed by atoms with Crippen LogP contribution in [0.4, 0.5) is 0 Å². The first-order valence-corrected chi connectivity index (χ1v) is 9.03. The molecule has 0 bridgehead atoms. The highest BCUT2D eigenvalue weighted by Gasteiger charge is 2.18. The quantitative estimate of drug-likeness (QED) is 0.277. The van der Waals surface area contributed by atoms with Gasteiger partial charge in [-0.1, -0.05) is 6.92 Å². The zero-order valence-electron chi connectivity index (χ0n) is 15.1. The highest BCUT2D eigenvalue weighted by molar-refractivity contribution is 14.0. The van der Waals surface area contributed by atoms with Gasteiger partial charge < -0.3 is 15.5 Å². The van der Waals surface area contributed by atoms with E-state index in [2.05, 4.69) is 34.5 Å². The van der Waals surface area contributed by atoms with Crippen molar-refractivity contribution in [2.24, 2.45) is 10.9 Å². The fourth-order valence-electron chi connectivity index (χ4n) is 3.03. The third kappa shape index (κ3) is 7.83. The summed E-state index contributed by atoms with van der Waals surface area (Å²) < 4.78 is 1.97. The number of halogens is 1. The fraction of sp³-hybridized carbons (Fsp3) is 0.765. The van der Waals surface area contributed by atoms with Crippen LogP contribution in [0.3, 0.4) is 0 Å². The Balaban J connectivity index is 0.00000288. The van der Waals surface area contributed by atoms with Crippen LogP contribution in [0.2, 0.25) is 0 Å². The third-order valence-corrected chi connectivity index (χ3v) is 4.32.